The highest BCUT2D eigenvalue weighted by Gasteiger charge is 2.49. The van der Waals surface area contributed by atoms with Gasteiger partial charge >= 0.3 is 5.97 Å². The molecule has 21 heteroatoms. The zero-order valence-electron chi connectivity index (χ0n) is 35.4. The number of anilines is 1. The Labute approximate surface area is 372 Å². The molecule has 0 radical (unpaired) electrons. The lowest BCUT2D eigenvalue weighted by Gasteiger charge is -2.30. The van der Waals surface area contributed by atoms with E-state index in [1.807, 2.05) is 36.3 Å². The van der Waals surface area contributed by atoms with Crippen molar-refractivity contribution >= 4 is 85.1 Å². The molecular weight excluding hydrogens is 913 g/mol. The Kier molecular flexibility index (Phi) is 13.8. The van der Waals surface area contributed by atoms with E-state index in [-0.39, 0.29) is 43.1 Å². The number of methoxy groups -OCH3 is 1. The molecule has 0 aromatic heterocycles. The minimum absolute atomic E-state index is 0.0377. The van der Waals surface area contributed by atoms with Crippen LogP contribution >= 0.6 is 0 Å². The topological polar surface area (TPSA) is 282 Å². The first-order valence-corrected chi connectivity index (χ1v) is 26.1. The molecule has 6 rings (SSSR count). The first kappa shape index (κ1) is 48.9. The Morgan fingerprint density at radius 2 is 1.44 bits per heavy atom. The number of carbonyl (C=O) groups is 1. The highest BCUT2D eigenvalue weighted by atomic mass is 32.2. The van der Waals surface area contributed by atoms with Gasteiger partial charge < -0.3 is 33.0 Å². The number of ether oxygens (including phenoxy) is 1. The van der Waals surface area contributed by atoms with Crippen molar-refractivity contribution in [3.8, 4) is 0 Å². The number of aliphatic carboxylic acids is 1. The van der Waals surface area contributed by atoms with E-state index in [0.29, 0.717) is 83.1 Å². The number of benzene rings is 4. The van der Waals surface area contributed by atoms with Crippen LogP contribution in [0.15, 0.2) is 93.2 Å². The van der Waals surface area contributed by atoms with Crippen LogP contribution in [0.4, 0.5) is 11.4 Å². The van der Waals surface area contributed by atoms with Gasteiger partial charge in [-0.3, -0.25) is 4.79 Å². The summed E-state index contributed by atoms with van der Waals surface area (Å²) in [6, 6.07) is 12.2. The second-order valence-electron chi connectivity index (χ2n) is 16.4. The lowest BCUT2D eigenvalue weighted by atomic mass is 9.74. The molecule has 2 aliphatic rings. The van der Waals surface area contributed by atoms with Crippen LogP contribution in [-0.4, -0.2) is 106 Å². The number of fused-ring (bicyclic) bond motifs is 6. The summed E-state index contributed by atoms with van der Waals surface area (Å²) in [5.74, 6) is -1.63. The molecule has 0 bridgehead atoms. The van der Waals surface area contributed by atoms with Crippen LogP contribution in [0.3, 0.4) is 0 Å². The second-order valence-corrected chi connectivity index (χ2v) is 22.0. The van der Waals surface area contributed by atoms with Gasteiger partial charge in [0.25, 0.3) is 0 Å². The fourth-order valence-electron chi connectivity index (χ4n) is 9.38. The van der Waals surface area contributed by atoms with Gasteiger partial charge in [0.1, 0.15) is 36.9 Å². The zero-order valence-corrected chi connectivity index (χ0v) is 38.7. The summed E-state index contributed by atoms with van der Waals surface area (Å²) >= 11 is 0. The molecule has 0 aliphatic carbocycles. The molecule has 0 saturated heterocycles. The number of allylic oxidation sites excluding steroid dienone is 4. The Morgan fingerprint density at radius 3 is 2.05 bits per heavy atom. The Morgan fingerprint density at radius 1 is 0.766 bits per heavy atom. The van der Waals surface area contributed by atoms with Gasteiger partial charge in [-0.1, -0.05) is 18.2 Å². The number of carboxylic acids is 1. The molecule has 64 heavy (non-hydrogen) atoms. The van der Waals surface area contributed by atoms with Crippen molar-refractivity contribution in [2.24, 2.45) is 0 Å². The zero-order chi connectivity index (χ0) is 47.2. The van der Waals surface area contributed by atoms with Crippen LogP contribution in [0.2, 0.25) is 0 Å². The molecule has 0 fully saturated rings. The average Bonchev–Trinajstić information content (AvgIpc) is 3.58. The van der Waals surface area contributed by atoms with Crippen LogP contribution in [0.5, 0.6) is 0 Å². The summed E-state index contributed by atoms with van der Waals surface area (Å²) in [4.78, 5) is 11.0. The van der Waals surface area contributed by atoms with E-state index >= 15 is 0 Å². The molecule has 346 valence electrons. The first-order valence-electron chi connectivity index (χ1n) is 20.3. The normalized spacial score (nSPS) is 20.0. The maximum absolute atomic E-state index is 12.6. The minimum atomic E-state index is -5.31. The van der Waals surface area contributed by atoms with E-state index in [4.69, 9.17) is 4.74 Å². The SMILES string of the molecule is CCN1/C(=C/C=C/C2=[N+](CCCCCC(=O)O)c3ccc4c(S(=O)(=O)[O-])cc(S(=O)(=O)[O-])cc4c3C2(C)CCOC)C(C)(CCCS(=O)(=O)[O-])c2c1ccc1ccc(S(=O)(=O)[O-])cc21. The molecular formula is C43H47N2O15S4-3. The summed E-state index contributed by atoms with van der Waals surface area (Å²) in [7, 11) is -18.6. The molecule has 0 saturated carbocycles. The fraction of sp³-hybridized carbons (Fsp3) is 0.395. The number of unbranched alkanes of at least 4 members (excludes halogenated alkanes) is 2. The van der Waals surface area contributed by atoms with Crippen LogP contribution in [0, 0.1) is 0 Å². The molecule has 2 aliphatic heterocycles. The summed E-state index contributed by atoms with van der Waals surface area (Å²) in [6.45, 7) is 6.37. The van der Waals surface area contributed by atoms with E-state index in [0.717, 1.165) is 6.07 Å². The third kappa shape index (κ3) is 9.68. The number of likely N-dealkylation sites (N-methyl/N-ethyl adjacent to an activating group) is 1. The van der Waals surface area contributed by atoms with Crippen molar-refractivity contribution < 1.29 is 71.1 Å². The molecule has 2 heterocycles. The smallest absolute Gasteiger partial charge is 0.303 e. The molecule has 0 amide bonds. The monoisotopic (exact) mass is 959 g/mol. The van der Waals surface area contributed by atoms with E-state index in [1.54, 1.807) is 30.4 Å². The van der Waals surface area contributed by atoms with E-state index in [9.17, 15) is 61.8 Å². The maximum Gasteiger partial charge on any atom is 0.303 e. The Hall–Kier alpha value is -4.58. The van der Waals surface area contributed by atoms with Crippen molar-refractivity contribution in [2.75, 3.05) is 37.5 Å². The average molecular weight is 960 g/mol. The third-order valence-corrected chi connectivity index (χ3v) is 15.5. The van der Waals surface area contributed by atoms with Crippen LogP contribution in [0.1, 0.15) is 76.8 Å². The summed E-state index contributed by atoms with van der Waals surface area (Å²) in [5.41, 5.74) is 1.27. The molecule has 0 spiro atoms. The summed E-state index contributed by atoms with van der Waals surface area (Å²) in [6.07, 6.45) is 6.91. The van der Waals surface area contributed by atoms with Gasteiger partial charge in [-0.25, -0.2) is 33.7 Å². The Balaban J connectivity index is 1.60. The van der Waals surface area contributed by atoms with E-state index in [2.05, 4.69) is 0 Å². The van der Waals surface area contributed by atoms with Crippen LogP contribution in [0.25, 0.3) is 21.5 Å². The van der Waals surface area contributed by atoms with E-state index in [1.165, 1.54) is 31.4 Å². The lowest BCUT2D eigenvalue weighted by Crippen LogP contribution is -2.33. The largest absolute Gasteiger partial charge is 0.748 e. The summed E-state index contributed by atoms with van der Waals surface area (Å²) in [5, 5.41) is 10.2. The van der Waals surface area contributed by atoms with Gasteiger partial charge in [-0.15, -0.1) is 0 Å². The number of hydrogen-bond acceptors (Lipinski definition) is 15. The van der Waals surface area contributed by atoms with Crippen molar-refractivity contribution in [3.63, 3.8) is 0 Å². The molecule has 2 unspecified atom stereocenters. The van der Waals surface area contributed by atoms with Gasteiger partial charge in [0.15, 0.2) is 5.71 Å². The number of rotatable bonds is 19. The number of nitrogens with zero attached hydrogens (tertiary/aromatic N) is 2. The van der Waals surface area contributed by atoms with E-state index < -0.39 is 77.7 Å². The van der Waals surface area contributed by atoms with Gasteiger partial charge in [0.2, 0.25) is 5.69 Å². The standard InChI is InChI=1S/C43H50N2O15S4/c1-5-44-34-18-15-28-14-16-29(62(51,52)53)25-32(28)40(34)42(2,20-10-24-61(48,49)50)37(44)11-9-12-38-43(3,21-23-60-4)41-33-26-30(63(54,55)56)27-36(64(57,58)59)31(33)17-19-35(41)45(38)22-8-6-7-13-39(46)47/h9,11-12,14-19,25-27H,5-8,10,13,20-24H2,1-4H3,(H4-,46,47,48,49,50,51,52,53,54,55,56,57,58,59)/p-3. The molecule has 2 atom stereocenters. The van der Waals surface area contributed by atoms with Gasteiger partial charge in [0.05, 0.1) is 30.2 Å². The number of carboxylic acid groups (broad SMARTS) is 1. The molecule has 4 aromatic rings. The minimum Gasteiger partial charge on any atom is -0.748 e. The first-order chi connectivity index (χ1) is 29.8. The highest BCUT2D eigenvalue weighted by molar-refractivity contribution is 7.87. The molecule has 1 N–H and O–H groups in total. The predicted molar refractivity (Wildman–Crippen MR) is 233 cm³/mol. The van der Waals surface area contributed by atoms with Crippen LogP contribution < -0.4 is 4.90 Å². The third-order valence-electron chi connectivity index (χ3n) is 12.2. The predicted octanol–water partition coefficient (Wildman–Crippen LogP) is 5.31. The van der Waals surface area contributed by atoms with Gasteiger partial charge in [0, 0.05) is 78.7 Å². The highest BCUT2D eigenvalue weighted by Crippen LogP contribution is 2.54. The van der Waals surface area contributed by atoms with Crippen molar-refractivity contribution in [1.82, 2.24) is 0 Å². The van der Waals surface area contributed by atoms with Gasteiger partial charge in [-0.2, -0.15) is 4.58 Å². The van der Waals surface area contributed by atoms with Crippen molar-refractivity contribution in [1.29, 1.82) is 0 Å². The van der Waals surface area contributed by atoms with Gasteiger partial charge in [-0.05, 0) is 117 Å². The fourth-order valence-corrected chi connectivity index (χ4v) is 11.7. The van der Waals surface area contributed by atoms with Crippen molar-refractivity contribution in [2.45, 2.75) is 91.2 Å². The quantitative estimate of drug-likeness (QED) is 0.0708. The lowest BCUT2D eigenvalue weighted by molar-refractivity contribution is -0.438. The molecule has 4 aromatic carbocycles. The molecule has 17 nitrogen and oxygen atoms in total. The van der Waals surface area contributed by atoms with Crippen LogP contribution in [-0.2, 0) is 60.8 Å². The Bertz CT molecular complexity index is 3110. The van der Waals surface area contributed by atoms with Crippen molar-refractivity contribution in [3.05, 3.63) is 89.6 Å². The summed E-state index contributed by atoms with van der Waals surface area (Å²) < 4.78 is 155. The second kappa shape index (κ2) is 18.0. The number of hydrogen-bond donors (Lipinski definition) is 1. The maximum atomic E-state index is 12.6.